The Balaban J connectivity index is 2.53. The van der Waals surface area contributed by atoms with Crippen LogP contribution in [0.5, 0.6) is 11.5 Å². The van der Waals surface area contributed by atoms with Gasteiger partial charge in [-0.3, -0.25) is 4.79 Å². The van der Waals surface area contributed by atoms with Crippen molar-refractivity contribution in [1.29, 1.82) is 0 Å². The molecule has 0 heterocycles. The van der Waals surface area contributed by atoms with E-state index in [1.165, 1.54) is 24.3 Å². The normalized spacial score (nSPS) is 10.3. The summed E-state index contributed by atoms with van der Waals surface area (Å²) in [4.78, 5) is 11.4. The summed E-state index contributed by atoms with van der Waals surface area (Å²) in [6.45, 7) is 1.78. The number of rotatable bonds is 3. The van der Waals surface area contributed by atoms with Gasteiger partial charge in [0, 0.05) is 5.69 Å². The zero-order valence-electron chi connectivity index (χ0n) is 10.6. The minimum absolute atomic E-state index is 0.00379. The van der Waals surface area contributed by atoms with Crippen molar-refractivity contribution in [2.45, 2.75) is 6.92 Å². The van der Waals surface area contributed by atoms with Crippen molar-refractivity contribution in [3.8, 4) is 11.5 Å². The second-order valence-electron chi connectivity index (χ2n) is 4.28. The summed E-state index contributed by atoms with van der Waals surface area (Å²) in [6.07, 6.45) is 0. The molecule has 0 aliphatic carbocycles. The summed E-state index contributed by atoms with van der Waals surface area (Å²) in [6, 6.07) is 7.09. The first kappa shape index (κ1) is 14.1. The summed E-state index contributed by atoms with van der Waals surface area (Å²) >= 11 is 5.99. The van der Waals surface area contributed by atoms with Gasteiger partial charge < -0.3 is 16.2 Å². The van der Waals surface area contributed by atoms with Crippen molar-refractivity contribution >= 4 is 23.2 Å². The molecule has 2 aromatic rings. The van der Waals surface area contributed by atoms with Gasteiger partial charge in [0.15, 0.2) is 17.3 Å². The van der Waals surface area contributed by atoms with Crippen molar-refractivity contribution in [2.24, 2.45) is 5.73 Å². The predicted molar refractivity (Wildman–Crippen MR) is 75.6 cm³/mol. The Morgan fingerprint density at radius 2 is 2.00 bits per heavy atom. The molecule has 6 heteroatoms. The maximum atomic E-state index is 13.7. The van der Waals surface area contributed by atoms with Gasteiger partial charge in [-0.2, -0.15) is 0 Å². The van der Waals surface area contributed by atoms with Crippen LogP contribution in [0.25, 0.3) is 0 Å². The van der Waals surface area contributed by atoms with Crippen molar-refractivity contribution in [3.63, 3.8) is 0 Å². The van der Waals surface area contributed by atoms with Gasteiger partial charge in [-0.15, -0.1) is 0 Å². The summed E-state index contributed by atoms with van der Waals surface area (Å²) in [5.74, 6) is -1.39. The molecule has 2 aromatic carbocycles. The molecule has 0 bridgehead atoms. The van der Waals surface area contributed by atoms with Crippen LogP contribution in [0.3, 0.4) is 0 Å². The number of nitrogens with two attached hydrogens (primary N) is 2. The highest BCUT2D eigenvalue weighted by molar-refractivity contribution is 6.33. The molecule has 0 aliphatic heterocycles. The van der Waals surface area contributed by atoms with Gasteiger partial charge in [-0.25, -0.2) is 4.39 Å². The van der Waals surface area contributed by atoms with Gasteiger partial charge >= 0.3 is 0 Å². The number of benzene rings is 2. The number of ether oxygens (including phenoxy) is 1. The third-order valence-corrected chi connectivity index (χ3v) is 2.91. The van der Waals surface area contributed by atoms with Crippen LogP contribution in [-0.4, -0.2) is 5.91 Å². The number of halogens is 2. The molecule has 104 valence electrons. The minimum atomic E-state index is -0.762. The Morgan fingerprint density at radius 1 is 1.30 bits per heavy atom. The molecule has 0 saturated heterocycles. The van der Waals surface area contributed by atoms with E-state index in [9.17, 15) is 9.18 Å². The molecule has 20 heavy (non-hydrogen) atoms. The van der Waals surface area contributed by atoms with Crippen LogP contribution in [0.1, 0.15) is 15.9 Å². The number of aryl methyl sites for hydroxylation is 1. The van der Waals surface area contributed by atoms with Crippen LogP contribution >= 0.6 is 11.6 Å². The van der Waals surface area contributed by atoms with Crippen LogP contribution in [0.15, 0.2) is 30.3 Å². The Morgan fingerprint density at radius 3 is 2.65 bits per heavy atom. The molecule has 0 saturated carbocycles. The zero-order chi connectivity index (χ0) is 14.9. The smallest absolute Gasteiger partial charge is 0.252 e. The molecule has 0 spiro atoms. The van der Waals surface area contributed by atoms with Crippen LogP contribution in [0.4, 0.5) is 10.1 Å². The lowest BCUT2D eigenvalue weighted by Crippen LogP contribution is -2.13. The summed E-state index contributed by atoms with van der Waals surface area (Å²) in [5, 5.41) is 0.0831. The fourth-order valence-corrected chi connectivity index (χ4v) is 1.97. The minimum Gasteiger partial charge on any atom is -0.452 e. The average molecular weight is 295 g/mol. The van der Waals surface area contributed by atoms with Crippen molar-refractivity contribution in [2.75, 3.05) is 5.73 Å². The van der Waals surface area contributed by atoms with Crippen LogP contribution < -0.4 is 16.2 Å². The van der Waals surface area contributed by atoms with E-state index >= 15 is 0 Å². The van der Waals surface area contributed by atoms with Gasteiger partial charge in [0.05, 0.1) is 10.6 Å². The monoisotopic (exact) mass is 294 g/mol. The highest BCUT2D eigenvalue weighted by atomic mass is 35.5. The third-order valence-electron chi connectivity index (χ3n) is 2.63. The first-order valence-corrected chi connectivity index (χ1v) is 6.09. The van der Waals surface area contributed by atoms with E-state index in [2.05, 4.69) is 0 Å². The van der Waals surface area contributed by atoms with Crippen molar-refractivity contribution in [1.82, 2.24) is 0 Å². The van der Waals surface area contributed by atoms with E-state index in [0.717, 1.165) is 5.56 Å². The second kappa shape index (κ2) is 5.38. The highest BCUT2D eigenvalue weighted by Crippen LogP contribution is 2.36. The van der Waals surface area contributed by atoms with Crippen LogP contribution in [0, 0.1) is 12.7 Å². The average Bonchev–Trinajstić information content (AvgIpc) is 2.36. The van der Waals surface area contributed by atoms with Gasteiger partial charge in [0.2, 0.25) is 0 Å². The lowest BCUT2D eigenvalue weighted by Gasteiger charge is -2.13. The maximum Gasteiger partial charge on any atom is 0.252 e. The molecule has 0 fully saturated rings. The first-order valence-electron chi connectivity index (χ1n) is 5.71. The number of hydrogen-bond donors (Lipinski definition) is 2. The molecule has 4 nitrogen and oxygen atoms in total. The summed E-state index contributed by atoms with van der Waals surface area (Å²) < 4.78 is 19.1. The molecule has 0 radical (unpaired) electrons. The number of anilines is 1. The van der Waals surface area contributed by atoms with Crippen molar-refractivity contribution in [3.05, 3.63) is 52.3 Å². The fourth-order valence-electron chi connectivity index (χ4n) is 1.70. The first-order chi connectivity index (χ1) is 9.38. The van der Waals surface area contributed by atoms with E-state index in [0.29, 0.717) is 0 Å². The Kier molecular flexibility index (Phi) is 3.81. The topological polar surface area (TPSA) is 78.3 Å². The second-order valence-corrected chi connectivity index (χ2v) is 4.69. The lowest BCUT2D eigenvalue weighted by molar-refractivity contribution is 0.0998. The van der Waals surface area contributed by atoms with Gasteiger partial charge in [0.1, 0.15) is 0 Å². The highest BCUT2D eigenvalue weighted by Gasteiger charge is 2.17. The fraction of sp³-hybridized carbons (Fsp3) is 0.0714. The molecule has 1 amide bonds. The van der Waals surface area contributed by atoms with Gasteiger partial charge in [0.25, 0.3) is 5.91 Å². The molecule has 2 rings (SSSR count). The molecular weight excluding hydrogens is 283 g/mol. The number of hydrogen-bond acceptors (Lipinski definition) is 3. The zero-order valence-corrected chi connectivity index (χ0v) is 11.4. The maximum absolute atomic E-state index is 13.7. The number of carbonyl (C=O) groups excluding carboxylic acids is 1. The third kappa shape index (κ3) is 2.83. The standard InChI is InChI=1S/C14H12ClFN2O2/c1-7-2-3-11(16)12(4-7)20-13-9(14(18)19)5-8(17)6-10(13)15/h2-6H,17H2,1H3,(H2,18,19). The summed E-state index contributed by atoms with van der Waals surface area (Å²) in [7, 11) is 0. The molecule has 0 aromatic heterocycles. The Bertz CT molecular complexity index is 689. The van der Waals surface area contributed by atoms with E-state index in [-0.39, 0.29) is 27.8 Å². The molecular formula is C14H12ClFN2O2. The van der Waals surface area contributed by atoms with E-state index in [4.69, 9.17) is 27.8 Å². The van der Waals surface area contributed by atoms with Crippen LogP contribution in [-0.2, 0) is 0 Å². The van der Waals surface area contributed by atoms with Gasteiger partial charge in [-0.1, -0.05) is 17.7 Å². The van der Waals surface area contributed by atoms with Crippen molar-refractivity contribution < 1.29 is 13.9 Å². The van der Waals surface area contributed by atoms with Gasteiger partial charge in [-0.05, 0) is 36.8 Å². The number of carbonyl (C=O) groups is 1. The molecule has 0 atom stereocenters. The van der Waals surface area contributed by atoms with E-state index < -0.39 is 11.7 Å². The SMILES string of the molecule is Cc1ccc(F)c(Oc2c(Cl)cc(N)cc2C(N)=O)c1. The molecule has 4 N–H and O–H groups in total. The largest absolute Gasteiger partial charge is 0.452 e. The van der Waals surface area contributed by atoms with E-state index in [1.54, 1.807) is 13.0 Å². The van der Waals surface area contributed by atoms with E-state index in [1.807, 2.05) is 0 Å². The summed E-state index contributed by atoms with van der Waals surface area (Å²) in [5.41, 5.74) is 11.9. The number of amides is 1. The lowest BCUT2D eigenvalue weighted by atomic mass is 10.1. The molecule has 0 aliphatic rings. The quantitative estimate of drug-likeness (QED) is 0.853. The predicted octanol–water partition coefficient (Wildman–Crippen LogP) is 3.26. The number of primary amides is 1. The Labute approximate surface area is 120 Å². The Hall–Kier alpha value is -2.27. The number of nitrogen functional groups attached to an aromatic ring is 1. The molecule has 0 unspecified atom stereocenters. The van der Waals surface area contributed by atoms with Crippen LogP contribution in [0.2, 0.25) is 5.02 Å².